The summed E-state index contributed by atoms with van der Waals surface area (Å²) in [5.41, 5.74) is 0.546. The van der Waals surface area contributed by atoms with Crippen LogP contribution < -0.4 is 5.32 Å². The quantitative estimate of drug-likeness (QED) is 0.697. The van der Waals surface area contributed by atoms with Crippen LogP contribution in [-0.2, 0) is 13.2 Å². The van der Waals surface area contributed by atoms with Crippen LogP contribution in [-0.4, -0.2) is 15.7 Å². The topological polar surface area (TPSA) is 46.9 Å². The van der Waals surface area contributed by atoms with Crippen molar-refractivity contribution in [3.8, 4) is 11.3 Å². The first-order valence-electron chi connectivity index (χ1n) is 7.52. The lowest BCUT2D eigenvalue weighted by atomic mass is 10.1. The minimum Gasteiger partial charge on any atom is -0.321 e. The zero-order valence-corrected chi connectivity index (χ0v) is 13.5. The summed E-state index contributed by atoms with van der Waals surface area (Å²) in [6, 6.07) is 11.4. The van der Waals surface area contributed by atoms with Crippen molar-refractivity contribution in [2.24, 2.45) is 7.05 Å². The van der Waals surface area contributed by atoms with Gasteiger partial charge in [0, 0.05) is 18.3 Å². The molecule has 134 valence electrons. The number of halogens is 4. The lowest BCUT2D eigenvalue weighted by molar-refractivity contribution is -0.137. The second-order valence-corrected chi connectivity index (χ2v) is 5.58. The molecule has 1 N–H and O–H groups in total. The number of anilines is 1. The number of nitrogens with zero attached hydrogens (tertiary/aromatic N) is 2. The van der Waals surface area contributed by atoms with E-state index in [1.807, 2.05) is 0 Å². The van der Waals surface area contributed by atoms with Gasteiger partial charge >= 0.3 is 6.18 Å². The van der Waals surface area contributed by atoms with E-state index >= 15 is 0 Å². The van der Waals surface area contributed by atoms with Crippen molar-refractivity contribution in [1.29, 1.82) is 0 Å². The molecule has 3 aromatic rings. The summed E-state index contributed by atoms with van der Waals surface area (Å²) < 4.78 is 52.5. The van der Waals surface area contributed by atoms with Crippen LogP contribution >= 0.6 is 0 Å². The Bertz CT molecular complexity index is 946. The van der Waals surface area contributed by atoms with E-state index in [9.17, 15) is 22.4 Å². The van der Waals surface area contributed by atoms with Gasteiger partial charge in [0.1, 0.15) is 5.82 Å². The molecule has 0 aliphatic heterocycles. The Morgan fingerprint density at radius 2 is 1.77 bits per heavy atom. The number of carbonyl (C=O) groups excluding carboxylic acids is 1. The van der Waals surface area contributed by atoms with Gasteiger partial charge in [0.2, 0.25) is 0 Å². The van der Waals surface area contributed by atoms with Gasteiger partial charge in [0.25, 0.3) is 5.91 Å². The highest BCUT2D eigenvalue weighted by Gasteiger charge is 2.30. The summed E-state index contributed by atoms with van der Waals surface area (Å²) in [4.78, 5) is 12.3. The van der Waals surface area contributed by atoms with Crippen molar-refractivity contribution >= 4 is 11.6 Å². The predicted molar refractivity (Wildman–Crippen MR) is 88.0 cm³/mol. The van der Waals surface area contributed by atoms with Crippen LogP contribution in [0.5, 0.6) is 0 Å². The molecular formula is C18H13F4N3O. The van der Waals surface area contributed by atoms with Gasteiger partial charge in [0.05, 0.1) is 11.3 Å². The molecule has 1 aromatic heterocycles. The van der Waals surface area contributed by atoms with Gasteiger partial charge in [-0.25, -0.2) is 4.39 Å². The summed E-state index contributed by atoms with van der Waals surface area (Å²) in [6.07, 6.45) is -4.44. The van der Waals surface area contributed by atoms with Crippen molar-refractivity contribution in [1.82, 2.24) is 9.78 Å². The van der Waals surface area contributed by atoms with Crippen LogP contribution in [0.3, 0.4) is 0 Å². The fourth-order valence-corrected chi connectivity index (χ4v) is 2.43. The molecule has 4 nitrogen and oxygen atoms in total. The van der Waals surface area contributed by atoms with Crippen LogP contribution in [0.25, 0.3) is 11.3 Å². The molecule has 1 amide bonds. The van der Waals surface area contributed by atoms with E-state index in [4.69, 9.17) is 0 Å². The van der Waals surface area contributed by atoms with Gasteiger partial charge in [-0.2, -0.15) is 18.3 Å². The van der Waals surface area contributed by atoms with Crippen LogP contribution in [0.2, 0.25) is 0 Å². The fraction of sp³-hybridized carbons (Fsp3) is 0.111. The Morgan fingerprint density at radius 3 is 2.38 bits per heavy atom. The lowest BCUT2D eigenvalue weighted by Gasteiger charge is -2.08. The van der Waals surface area contributed by atoms with Crippen molar-refractivity contribution in [3.05, 3.63) is 71.7 Å². The molecule has 0 fully saturated rings. The second kappa shape index (κ2) is 6.62. The normalized spacial score (nSPS) is 11.4. The summed E-state index contributed by atoms with van der Waals surface area (Å²) in [5.74, 6) is -0.998. The Labute approximate surface area is 146 Å². The van der Waals surface area contributed by atoms with Crippen LogP contribution in [0.4, 0.5) is 23.2 Å². The monoisotopic (exact) mass is 363 g/mol. The summed E-state index contributed by atoms with van der Waals surface area (Å²) in [7, 11) is 1.61. The number of hydrogen-bond donors (Lipinski definition) is 1. The van der Waals surface area contributed by atoms with Gasteiger partial charge in [-0.1, -0.05) is 12.1 Å². The molecule has 8 heteroatoms. The molecule has 26 heavy (non-hydrogen) atoms. The standard InChI is InChI=1S/C18H13F4N3O/c1-25-16(11-3-2-4-13(19)9-11)10-15(24-25)17(26)23-14-7-5-12(6-8-14)18(20,21)22/h2-10H,1H3,(H,23,26). The minimum atomic E-state index is -4.44. The van der Waals surface area contributed by atoms with Gasteiger partial charge in [-0.3, -0.25) is 9.48 Å². The Morgan fingerprint density at radius 1 is 1.08 bits per heavy atom. The van der Waals surface area contributed by atoms with Crippen molar-refractivity contribution in [2.75, 3.05) is 5.32 Å². The zero-order chi connectivity index (χ0) is 18.9. The van der Waals surface area contributed by atoms with E-state index in [0.29, 0.717) is 11.3 Å². The maximum atomic E-state index is 13.4. The number of alkyl halides is 3. The molecule has 0 bridgehead atoms. The molecule has 0 aliphatic carbocycles. The smallest absolute Gasteiger partial charge is 0.321 e. The average Bonchev–Trinajstić information content (AvgIpc) is 2.96. The molecule has 2 aromatic carbocycles. The van der Waals surface area contributed by atoms with E-state index in [1.165, 1.54) is 22.9 Å². The lowest BCUT2D eigenvalue weighted by Crippen LogP contribution is -2.13. The van der Waals surface area contributed by atoms with Crippen LogP contribution in [0, 0.1) is 5.82 Å². The molecule has 0 atom stereocenters. The number of carbonyl (C=O) groups is 1. The predicted octanol–water partition coefficient (Wildman–Crippen LogP) is 4.50. The maximum Gasteiger partial charge on any atom is 0.416 e. The highest BCUT2D eigenvalue weighted by Crippen LogP contribution is 2.30. The number of hydrogen-bond acceptors (Lipinski definition) is 2. The average molecular weight is 363 g/mol. The third-order valence-electron chi connectivity index (χ3n) is 3.70. The molecule has 0 saturated carbocycles. The summed E-state index contributed by atoms with van der Waals surface area (Å²) in [6.45, 7) is 0. The molecule has 0 aliphatic rings. The Hall–Kier alpha value is -3.16. The Kier molecular flexibility index (Phi) is 4.50. The molecule has 3 rings (SSSR count). The van der Waals surface area contributed by atoms with E-state index in [2.05, 4.69) is 10.4 Å². The highest BCUT2D eigenvalue weighted by atomic mass is 19.4. The second-order valence-electron chi connectivity index (χ2n) is 5.58. The van der Waals surface area contributed by atoms with E-state index in [0.717, 1.165) is 24.3 Å². The molecular weight excluding hydrogens is 350 g/mol. The van der Waals surface area contributed by atoms with Crippen molar-refractivity contribution < 1.29 is 22.4 Å². The number of aryl methyl sites for hydroxylation is 1. The van der Waals surface area contributed by atoms with E-state index in [-0.39, 0.29) is 11.4 Å². The molecule has 0 spiro atoms. The molecule has 0 radical (unpaired) electrons. The third kappa shape index (κ3) is 3.74. The zero-order valence-electron chi connectivity index (χ0n) is 13.5. The van der Waals surface area contributed by atoms with Gasteiger partial charge in [-0.05, 0) is 42.5 Å². The minimum absolute atomic E-state index is 0.0617. The first kappa shape index (κ1) is 17.7. The highest BCUT2D eigenvalue weighted by molar-refractivity contribution is 6.03. The van der Waals surface area contributed by atoms with Crippen molar-refractivity contribution in [3.63, 3.8) is 0 Å². The van der Waals surface area contributed by atoms with Gasteiger partial charge in [-0.15, -0.1) is 0 Å². The number of rotatable bonds is 3. The largest absolute Gasteiger partial charge is 0.416 e. The first-order valence-corrected chi connectivity index (χ1v) is 7.52. The van der Waals surface area contributed by atoms with Gasteiger partial charge < -0.3 is 5.32 Å². The first-order chi connectivity index (χ1) is 12.2. The van der Waals surface area contributed by atoms with E-state index < -0.39 is 23.5 Å². The summed E-state index contributed by atoms with van der Waals surface area (Å²) >= 11 is 0. The number of nitrogens with one attached hydrogen (secondary N) is 1. The van der Waals surface area contributed by atoms with Crippen LogP contribution in [0.15, 0.2) is 54.6 Å². The summed E-state index contributed by atoms with van der Waals surface area (Å²) in [5, 5.41) is 6.56. The molecule has 1 heterocycles. The molecule has 0 saturated heterocycles. The van der Waals surface area contributed by atoms with E-state index in [1.54, 1.807) is 19.2 Å². The number of benzene rings is 2. The maximum absolute atomic E-state index is 13.4. The number of aromatic nitrogens is 2. The SMILES string of the molecule is Cn1nc(C(=O)Nc2ccc(C(F)(F)F)cc2)cc1-c1cccc(F)c1. The Balaban J connectivity index is 1.80. The molecule has 0 unspecified atom stereocenters. The van der Waals surface area contributed by atoms with Crippen LogP contribution in [0.1, 0.15) is 16.1 Å². The van der Waals surface area contributed by atoms with Gasteiger partial charge in [0.15, 0.2) is 5.69 Å². The number of amides is 1. The fourth-order valence-electron chi connectivity index (χ4n) is 2.43. The third-order valence-corrected chi connectivity index (χ3v) is 3.70. The van der Waals surface area contributed by atoms with Crippen molar-refractivity contribution in [2.45, 2.75) is 6.18 Å².